The lowest BCUT2D eigenvalue weighted by atomic mass is 10.2. The first-order valence-corrected chi connectivity index (χ1v) is 7.88. The molecule has 0 spiro atoms. The summed E-state index contributed by atoms with van der Waals surface area (Å²) in [5, 5.41) is 1.66. The van der Waals surface area contributed by atoms with Gasteiger partial charge in [-0.3, -0.25) is 14.9 Å². The number of methoxy groups -OCH3 is 1. The van der Waals surface area contributed by atoms with Crippen molar-refractivity contribution >= 4 is 41.0 Å². The quantitative estimate of drug-likeness (QED) is 0.616. The Kier molecular flexibility index (Phi) is 6.54. The van der Waals surface area contributed by atoms with E-state index in [0.29, 0.717) is 0 Å². The fourth-order valence-electron chi connectivity index (χ4n) is 1.95. The van der Waals surface area contributed by atoms with Crippen molar-refractivity contribution in [3.63, 3.8) is 0 Å². The highest BCUT2D eigenvalue weighted by Crippen LogP contribution is 2.24. The second-order valence-electron chi connectivity index (χ2n) is 4.90. The second kappa shape index (κ2) is 8.64. The van der Waals surface area contributed by atoms with Crippen LogP contribution in [0.4, 0.5) is 4.39 Å². The molecule has 1 N–H and O–H groups in total. The summed E-state index contributed by atoms with van der Waals surface area (Å²) in [4.78, 5) is 35.7. The third kappa shape index (κ3) is 4.71. The molecule has 0 atom stereocenters. The summed E-state index contributed by atoms with van der Waals surface area (Å²) < 4.78 is 23.2. The zero-order valence-electron chi connectivity index (χ0n) is 13.3. The molecular weight excluding hydrogens is 388 g/mol. The van der Waals surface area contributed by atoms with E-state index >= 15 is 0 Å². The monoisotopic (exact) mass is 399 g/mol. The minimum atomic E-state index is -1.04. The van der Waals surface area contributed by atoms with E-state index in [9.17, 15) is 18.8 Å². The predicted octanol–water partition coefficient (Wildman–Crippen LogP) is 3.25. The summed E-state index contributed by atoms with van der Waals surface area (Å²) >= 11 is 11.3. The van der Waals surface area contributed by atoms with Gasteiger partial charge in [0.1, 0.15) is 11.6 Å². The van der Waals surface area contributed by atoms with Crippen molar-refractivity contribution in [3.8, 4) is 5.75 Å². The van der Waals surface area contributed by atoms with Crippen LogP contribution in [-0.4, -0.2) is 31.5 Å². The molecule has 9 heteroatoms. The van der Waals surface area contributed by atoms with E-state index in [1.54, 1.807) is 18.2 Å². The molecule has 2 rings (SSSR count). The molecule has 136 valence electrons. The molecule has 0 unspecified atom stereocenters. The smallest absolute Gasteiger partial charge is 0.340 e. The maximum Gasteiger partial charge on any atom is 0.340 e. The lowest BCUT2D eigenvalue weighted by Gasteiger charge is -2.09. The first-order chi connectivity index (χ1) is 12.3. The van der Waals surface area contributed by atoms with Crippen LogP contribution < -0.4 is 10.1 Å². The molecule has 0 saturated heterocycles. The summed E-state index contributed by atoms with van der Waals surface area (Å²) in [5.74, 6) is -3.22. The van der Waals surface area contributed by atoms with Crippen molar-refractivity contribution < 1.29 is 28.2 Å². The number of halogens is 3. The van der Waals surface area contributed by atoms with Gasteiger partial charge < -0.3 is 9.47 Å². The number of para-hydroxylation sites is 1. The molecule has 0 saturated carbocycles. The fraction of sp³-hybridized carbons (Fsp3) is 0.118. The average Bonchev–Trinajstić information content (AvgIpc) is 2.62. The standard InChI is InChI=1S/C17H12Cl2FNO5/c1-25-14-5-3-2-4-9(14)16(23)21-15(22)8-26-17(24)10-6-13(20)12(19)7-11(10)18/h2-7H,8H2,1H3,(H,21,22,23). The maximum absolute atomic E-state index is 13.4. The van der Waals surface area contributed by atoms with Gasteiger partial charge in [0.25, 0.3) is 11.8 Å². The second-order valence-corrected chi connectivity index (χ2v) is 5.71. The first kappa shape index (κ1) is 19.7. The number of carbonyl (C=O) groups excluding carboxylic acids is 3. The third-order valence-electron chi connectivity index (χ3n) is 3.17. The average molecular weight is 400 g/mol. The van der Waals surface area contributed by atoms with Crippen LogP contribution in [-0.2, 0) is 9.53 Å². The van der Waals surface area contributed by atoms with Gasteiger partial charge in [-0.25, -0.2) is 9.18 Å². The summed E-state index contributed by atoms with van der Waals surface area (Å²) in [6.45, 7) is -0.764. The normalized spacial score (nSPS) is 10.2. The summed E-state index contributed by atoms with van der Waals surface area (Å²) in [6.07, 6.45) is 0. The molecule has 0 radical (unpaired) electrons. The largest absolute Gasteiger partial charge is 0.496 e. The summed E-state index contributed by atoms with van der Waals surface area (Å²) in [7, 11) is 1.38. The minimum Gasteiger partial charge on any atom is -0.496 e. The van der Waals surface area contributed by atoms with Crippen LogP contribution >= 0.6 is 23.2 Å². The molecule has 0 aliphatic carbocycles. The van der Waals surface area contributed by atoms with Gasteiger partial charge in [0.05, 0.1) is 28.3 Å². The van der Waals surface area contributed by atoms with E-state index in [1.165, 1.54) is 13.2 Å². The number of hydrogen-bond acceptors (Lipinski definition) is 5. The Balaban J connectivity index is 1.97. The number of hydrogen-bond donors (Lipinski definition) is 1. The highest BCUT2D eigenvalue weighted by atomic mass is 35.5. The molecule has 2 aromatic carbocycles. The molecule has 0 bridgehead atoms. The number of carbonyl (C=O) groups is 3. The zero-order valence-corrected chi connectivity index (χ0v) is 14.9. The van der Waals surface area contributed by atoms with Crippen LogP contribution in [0.15, 0.2) is 36.4 Å². The highest BCUT2D eigenvalue weighted by molar-refractivity contribution is 6.36. The number of nitrogens with one attached hydrogen (secondary N) is 1. The van der Waals surface area contributed by atoms with Crippen molar-refractivity contribution in [1.82, 2.24) is 5.32 Å². The van der Waals surface area contributed by atoms with Gasteiger partial charge in [0.15, 0.2) is 6.61 Å². The lowest BCUT2D eigenvalue weighted by Crippen LogP contribution is -2.34. The van der Waals surface area contributed by atoms with Gasteiger partial charge in [0, 0.05) is 0 Å². The van der Waals surface area contributed by atoms with Gasteiger partial charge in [-0.05, 0) is 24.3 Å². The van der Waals surface area contributed by atoms with Crippen molar-refractivity contribution in [1.29, 1.82) is 0 Å². The van der Waals surface area contributed by atoms with Gasteiger partial charge in [0.2, 0.25) is 0 Å². The third-order valence-corrected chi connectivity index (χ3v) is 3.77. The number of esters is 1. The topological polar surface area (TPSA) is 81.7 Å². The minimum absolute atomic E-state index is 0.132. The van der Waals surface area contributed by atoms with Crippen LogP contribution in [0, 0.1) is 5.82 Å². The Labute approximate surface area is 157 Å². The molecule has 0 aliphatic rings. The Morgan fingerprint density at radius 3 is 2.46 bits per heavy atom. The molecule has 0 aromatic heterocycles. The van der Waals surface area contributed by atoms with Gasteiger partial charge >= 0.3 is 5.97 Å². The molecule has 2 aromatic rings. The number of benzene rings is 2. The Morgan fingerprint density at radius 2 is 1.77 bits per heavy atom. The van der Waals surface area contributed by atoms with Gasteiger partial charge in [-0.2, -0.15) is 0 Å². The van der Waals surface area contributed by atoms with E-state index in [0.717, 1.165) is 12.1 Å². The Morgan fingerprint density at radius 1 is 1.08 bits per heavy atom. The number of ether oxygens (including phenoxy) is 2. The zero-order chi connectivity index (χ0) is 19.3. The van der Waals surface area contributed by atoms with Gasteiger partial charge in [-0.15, -0.1) is 0 Å². The first-order valence-electron chi connectivity index (χ1n) is 7.12. The van der Waals surface area contributed by atoms with E-state index in [-0.39, 0.29) is 26.9 Å². The van der Waals surface area contributed by atoms with Crippen molar-refractivity contribution in [3.05, 3.63) is 63.4 Å². The van der Waals surface area contributed by atoms with Crippen LogP contribution in [0.2, 0.25) is 10.0 Å². The number of amides is 2. The summed E-state index contributed by atoms with van der Waals surface area (Å²) in [5.41, 5.74) is -0.157. The SMILES string of the molecule is COc1ccccc1C(=O)NC(=O)COC(=O)c1cc(F)c(Cl)cc1Cl. The maximum atomic E-state index is 13.4. The predicted molar refractivity (Wildman–Crippen MR) is 92.2 cm³/mol. The van der Waals surface area contributed by atoms with Crippen LogP contribution in [0.3, 0.4) is 0 Å². The molecular formula is C17H12Cl2FNO5. The Hall–Kier alpha value is -2.64. The number of rotatable bonds is 5. The lowest BCUT2D eigenvalue weighted by molar-refractivity contribution is -0.123. The van der Waals surface area contributed by atoms with Crippen LogP contribution in [0.5, 0.6) is 5.75 Å². The summed E-state index contributed by atoms with van der Waals surface area (Å²) in [6, 6.07) is 8.11. The fourth-order valence-corrected chi connectivity index (χ4v) is 2.41. The van der Waals surface area contributed by atoms with E-state index in [1.807, 2.05) is 5.32 Å². The van der Waals surface area contributed by atoms with E-state index < -0.39 is 30.2 Å². The van der Waals surface area contributed by atoms with Crippen molar-refractivity contribution in [2.45, 2.75) is 0 Å². The molecule has 0 aliphatic heterocycles. The molecule has 0 heterocycles. The van der Waals surface area contributed by atoms with E-state index in [2.05, 4.69) is 0 Å². The van der Waals surface area contributed by atoms with Gasteiger partial charge in [-0.1, -0.05) is 35.3 Å². The van der Waals surface area contributed by atoms with E-state index in [4.69, 9.17) is 32.7 Å². The van der Waals surface area contributed by atoms with Crippen molar-refractivity contribution in [2.24, 2.45) is 0 Å². The molecule has 2 amide bonds. The Bertz CT molecular complexity index is 872. The van der Waals surface area contributed by atoms with Crippen LogP contribution in [0.25, 0.3) is 0 Å². The van der Waals surface area contributed by atoms with Crippen LogP contribution in [0.1, 0.15) is 20.7 Å². The van der Waals surface area contributed by atoms with Crippen molar-refractivity contribution in [2.75, 3.05) is 13.7 Å². The molecule has 6 nitrogen and oxygen atoms in total. The molecule has 0 fully saturated rings. The number of imide groups is 1. The molecule has 26 heavy (non-hydrogen) atoms. The highest BCUT2D eigenvalue weighted by Gasteiger charge is 2.19.